The van der Waals surface area contributed by atoms with Gasteiger partial charge in [-0.3, -0.25) is 10.1 Å². The highest BCUT2D eigenvalue weighted by molar-refractivity contribution is 5.48. The van der Waals surface area contributed by atoms with Crippen LogP contribution >= 0.6 is 0 Å². The maximum Gasteiger partial charge on any atom is 0.310 e. The normalized spacial score (nSPS) is 13.1. The summed E-state index contributed by atoms with van der Waals surface area (Å²) in [5, 5.41) is 14.3. The monoisotopic (exact) mass is 280 g/mol. The van der Waals surface area contributed by atoms with Crippen LogP contribution in [0, 0.1) is 23.0 Å². The first-order valence-electron chi connectivity index (χ1n) is 6.82. The first-order valence-corrected chi connectivity index (χ1v) is 6.82. The van der Waals surface area contributed by atoms with Crippen LogP contribution < -0.4 is 10.1 Å². The molecule has 0 saturated heterocycles. The summed E-state index contributed by atoms with van der Waals surface area (Å²) in [7, 11) is 0. The fourth-order valence-electron chi connectivity index (χ4n) is 1.66. The Morgan fingerprint density at radius 3 is 2.60 bits per heavy atom. The van der Waals surface area contributed by atoms with Gasteiger partial charge < -0.3 is 10.1 Å². The minimum absolute atomic E-state index is 0.0200. The molecule has 0 fully saturated rings. The zero-order valence-electron chi connectivity index (χ0n) is 12.9. The minimum atomic E-state index is -0.410. The Morgan fingerprint density at radius 1 is 1.40 bits per heavy atom. The summed E-state index contributed by atoms with van der Waals surface area (Å²) in [4.78, 5) is 10.5. The van der Waals surface area contributed by atoms with E-state index in [1.807, 2.05) is 6.92 Å². The number of rotatable bonds is 6. The lowest BCUT2D eigenvalue weighted by Gasteiger charge is -2.23. The van der Waals surface area contributed by atoms with Crippen LogP contribution in [0.1, 0.15) is 33.3 Å². The molecule has 1 atom stereocenters. The molecule has 0 radical (unpaired) electrons. The van der Waals surface area contributed by atoms with Crippen molar-refractivity contribution in [2.24, 2.45) is 5.92 Å². The molecule has 0 spiro atoms. The number of hydrogen-bond acceptors (Lipinski definition) is 4. The maximum absolute atomic E-state index is 10.9. The summed E-state index contributed by atoms with van der Waals surface area (Å²) < 4.78 is 5.62. The third-order valence-electron chi connectivity index (χ3n) is 2.82. The van der Waals surface area contributed by atoms with E-state index < -0.39 is 4.92 Å². The van der Waals surface area contributed by atoms with Crippen LogP contribution in [0.2, 0.25) is 0 Å². The van der Waals surface area contributed by atoms with Gasteiger partial charge in [0.25, 0.3) is 0 Å². The van der Waals surface area contributed by atoms with Crippen molar-refractivity contribution in [2.75, 3.05) is 13.2 Å². The first kappa shape index (κ1) is 16.4. The molecule has 0 heterocycles. The largest absolute Gasteiger partial charge is 0.486 e. The van der Waals surface area contributed by atoms with Crippen molar-refractivity contribution in [3.05, 3.63) is 33.9 Å². The minimum Gasteiger partial charge on any atom is -0.486 e. The lowest BCUT2D eigenvalue weighted by Crippen LogP contribution is -2.39. The number of aryl methyl sites for hydroxylation is 1. The molecule has 0 saturated carbocycles. The molecule has 1 rings (SSSR count). The van der Waals surface area contributed by atoms with E-state index in [-0.39, 0.29) is 17.1 Å². The molecule has 5 nitrogen and oxygen atoms in total. The molecule has 1 aromatic rings. The van der Waals surface area contributed by atoms with Crippen LogP contribution in [-0.4, -0.2) is 23.6 Å². The molecule has 0 aliphatic carbocycles. The van der Waals surface area contributed by atoms with Gasteiger partial charge in [-0.15, -0.1) is 0 Å². The fraction of sp³-hybridized carbons (Fsp3) is 0.600. The van der Waals surface area contributed by atoms with Crippen molar-refractivity contribution in [3.63, 3.8) is 0 Å². The number of nitrogens with one attached hydrogen (secondary N) is 1. The van der Waals surface area contributed by atoms with Crippen molar-refractivity contribution in [2.45, 2.75) is 40.2 Å². The highest BCUT2D eigenvalue weighted by Crippen LogP contribution is 2.28. The smallest absolute Gasteiger partial charge is 0.310 e. The van der Waals surface area contributed by atoms with Gasteiger partial charge in [0, 0.05) is 24.1 Å². The van der Waals surface area contributed by atoms with E-state index in [1.165, 1.54) is 6.07 Å². The molecule has 0 aromatic heterocycles. The molecule has 1 unspecified atom stereocenters. The molecular weight excluding hydrogens is 256 g/mol. The molecular formula is C15H24N2O3. The SMILES string of the molecule is Cc1ccc([N+](=O)[O-])c(OCC(C)CNC(C)(C)C)c1. The van der Waals surface area contributed by atoms with E-state index in [1.54, 1.807) is 12.1 Å². The Kier molecular flexibility index (Phi) is 5.51. The first-order chi connectivity index (χ1) is 9.19. The van der Waals surface area contributed by atoms with Crippen molar-refractivity contribution >= 4 is 5.69 Å². The number of ether oxygens (including phenoxy) is 1. The van der Waals surface area contributed by atoms with Crippen molar-refractivity contribution in [3.8, 4) is 5.75 Å². The highest BCUT2D eigenvalue weighted by atomic mass is 16.6. The van der Waals surface area contributed by atoms with Gasteiger partial charge in [-0.05, 0) is 39.3 Å². The Labute approximate surface area is 120 Å². The van der Waals surface area contributed by atoms with E-state index in [4.69, 9.17) is 4.74 Å². The van der Waals surface area contributed by atoms with Gasteiger partial charge in [0.15, 0.2) is 5.75 Å². The molecule has 0 bridgehead atoms. The molecule has 1 aromatic carbocycles. The standard InChI is InChI=1S/C15H24N2O3/c1-11-6-7-13(17(18)19)14(8-11)20-10-12(2)9-16-15(3,4)5/h6-8,12,16H,9-10H2,1-5H3. The number of nitro groups is 1. The van der Waals surface area contributed by atoms with Crippen LogP contribution in [-0.2, 0) is 0 Å². The topological polar surface area (TPSA) is 64.4 Å². The summed E-state index contributed by atoms with van der Waals surface area (Å²) >= 11 is 0. The molecule has 0 amide bonds. The summed E-state index contributed by atoms with van der Waals surface area (Å²) in [5.41, 5.74) is 1.03. The second kappa shape index (κ2) is 6.70. The van der Waals surface area contributed by atoms with Crippen LogP contribution in [0.3, 0.4) is 0 Å². The highest BCUT2D eigenvalue weighted by Gasteiger charge is 2.16. The molecule has 5 heteroatoms. The predicted molar refractivity (Wildman–Crippen MR) is 80.2 cm³/mol. The molecule has 0 aliphatic rings. The lowest BCUT2D eigenvalue weighted by molar-refractivity contribution is -0.385. The van der Waals surface area contributed by atoms with E-state index in [0.717, 1.165) is 12.1 Å². The van der Waals surface area contributed by atoms with E-state index in [9.17, 15) is 10.1 Å². The number of hydrogen-bond donors (Lipinski definition) is 1. The van der Waals surface area contributed by atoms with Crippen LogP contribution in [0.25, 0.3) is 0 Å². The number of nitro benzene ring substituents is 1. The number of benzene rings is 1. The van der Waals surface area contributed by atoms with Crippen molar-refractivity contribution in [1.82, 2.24) is 5.32 Å². The Bertz CT molecular complexity index is 467. The van der Waals surface area contributed by atoms with E-state index >= 15 is 0 Å². The van der Waals surface area contributed by atoms with Gasteiger partial charge in [0.2, 0.25) is 0 Å². The third-order valence-corrected chi connectivity index (χ3v) is 2.82. The summed E-state index contributed by atoms with van der Waals surface area (Å²) in [5.74, 6) is 0.618. The second-order valence-electron chi connectivity index (χ2n) is 6.28. The van der Waals surface area contributed by atoms with Gasteiger partial charge in [-0.2, -0.15) is 0 Å². The van der Waals surface area contributed by atoms with Gasteiger partial charge in [-0.25, -0.2) is 0 Å². The maximum atomic E-state index is 10.9. The van der Waals surface area contributed by atoms with E-state index in [2.05, 4.69) is 33.0 Å². The lowest BCUT2D eigenvalue weighted by atomic mass is 10.1. The Morgan fingerprint density at radius 2 is 2.05 bits per heavy atom. The Hall–Kier alpha value is -1.62. The summed E-state index contributed by atoms with van der Waals surface area (Å²) in [6.07, 6.45) is 0. The summed E-state index contributed by atoms with van der Waals surface area (Å²) in [6, 6.07) is 4.92. The molecule has 112 valence electrons. The van der Waals surface area contributed by atoms with Gasteiger partial charge >= 0.3 is 5.69 Å². The molecule has 20 heavy (non-hydrogen) atoms. The average molecular weight is 280 g/mol. The van der Waals surface area contributed by atoms with Crippen LogP contribution in [0.4, 0.5) is 5.69 Å². The van der Waals surface area contributed by atoms with E-state index in [0.29, 0.717) is 12.4 Å². The summed E-state index contributed by atoms with van der Waals surface area (Å²) in [6.45, 7) is 11.5. The van der Waals surface area contributed by atoms with Crippen LogP contribution in [0.5, 0.6) is 5.75 Å². The van der Waals surface area contributed by atoms with Crippen molar-refractivity contribution < 1.29 is 9.66 Å². The predicted octanol–water partition coefficient (Wildman–Crippen LogP) is 3.31. The Balaban J connectivity index is 2.61. The average Bonchev–Trinajstić information content (AvgIpc) is 2.32. The zero-order chi connectivity index (χ0) is 15.3. The second-order valence-corrected chi connectivity index (χ2v) is 6.28. The van der Waals surface area contributed by atoms with Gasteiger partial charge in [-0.1, -0.05) is 13.0 Å². The van der Waals surface area contributed by atoms with Gasteiger partial charge in [0.05, 0.1) is 11.5 Å². The number of nitrogens with zero attached hydrogens (tertiary/aromatic N) is 1. The quantitative estimate of drug-likeness (QED) is 0.641. The molecule has 1 N–H and O–H groups in total. The third kappa shape index (κ3) is 5.57. The zero-order valence-corrected chi connectivity index (χ0v) is 12.9. The molecule has 0 aliphatic heterocycles. The van der Waals surface area contributed by atoms with Gasteiger partial charge in [0.1, 0.15) is 0 Å². The fourth-order valence-corrected chi connectivity index (χ4v) is 1.66. The van der Waals surface area contributed by atoms with Crippen molar-refractivity contribution in [1.29, 1.82) is 0 Å². The van der Waals surface area contributed by atoms with Crippen LogP contribution in [0.15, 0.2) is 18.2 Å².